The van der Waals surface area contributed by atoms with Gasteiger partial charge in [0.1, 0.15) is 0 Å². The largest absolute Gasteiger partial charge is 0.343 e. The summed E-state index contributed by atoms with van der Waals surface area (Å²) in [5.41, 5.74) is 4.35. The van der Waals surface area contributed by atoms with Gasteiger partial charge in [0.15, 0.2) is 0 Å². The van der Waals surface area contributed by atoms with E-state index in [1.54, 1.807) is 0 Å². The molecule has 0 saturated heterocycles. The number of hydrogen-bond donors (Lipinski definition) is 1. The molecule has 0 saturated carbocycles. The molecule has 2 aromatic rings. The van der Waals surface area contributed by atoms with Gasteiger partial charge in [0.25, 0.3) is 0 Å². The number of nitrogens with zero attached hydrogens (tertiary/aromatic N) is 1. The molecule has 3 rings (SSSR count). The van der Waals surface area contributed by atoms with E-state index >= 15 is 0 Å². The summed E-state index contributed by atoms with van der Waals surface area (Å²) < 4.78 is 2.50. The van der Waals surface area contributed by atoms with Crippen molar-refractivity contribution in [3.8, 4) is 0 Å². The third-order valence-electron chi connectivity index (χ3n) is 3.83. The van der Waals surface area contributed by atoms with Gasteiger partial charge in [0.2, 0.25) is 0 Å². The van der Waals surface area contributed by atoms with Crippen molar-refractivity contribution in [3.05, 3.63) is 35.5 Å². The van der Waals surface area contributed by atoms with Crippen molar-refractivity contribution in [2.24, 2.45) is 0 Å². The Morgan fingerprint density at radius 1 is 1.29 bits per heavy atom. The molecule has 0 radical (unpaired) electrons. The molecule has 17 heavy (non-hydrogen) atoms. The van der Waals surface area contributed by atoms with Gasteiger partial charge in [-0.3, -0.25) is 0 Å². The number of nitrogens with one attached hydrogen (secondary N) is 1. The number of aryl methyl sites for hydroxylation is 2. The lowest BCUT2D eigenvalue weighted by atomic mass is 10.0. The molecule has 1 N–H and O–H groups in total. The molecule has 1 aliphatic heterocycles. The van der Waals surface area contributed by atoms with Gasteiger partial charge >= 0.3 is 0 Å². The van der Waals surface area contributed by atoms with E-state index in [0.29, 0.717) is 6.04 Å². The Kier molecular flexibility index (Phi) is 3.45. The maximum atomic E-state index is 3.44. The average Bonchev–Trinajstić information content (AvgIpc) is 2.64. The first-order chi connectivity index (χ1) is 7.83. The summed E-state index contributed by atoms with van der Waals surface area (Å²) in [4.78, 5) is 0. The van der Waals surface area contributed by atoms with Crippen molar-refractivity contribution in [2.45, 2.75) is 32.4 Å². The van der Waals surface area contributed by atoms with Crippen LogP contribution in [0.4, 0.5) is 0 Å². The van der Waals surface area contributed by atoms with Crippen LogP contribution in [0.25, 0.3) is 10.9 Å². The summed E-state index contributed by atoms with van der Waals surface area (Å²) in [6.45, 7) is 3.42. The summed E-state index contributed by atoms with van der Waals surface area (Å²) in [6.07, 6.45) is 2.53. The summed E-state index contributed by atoms with van der Waals surface area (Å²) in [5.74, 6) is 0. The Labute approximate surface area is 108 Å². The molecule has 0 spiro atoms. The van der Waals surface area contributed by atoms with Gasteiger partial charge in [0.05, 0.1) is 0 Å². The minimum atomic E-state index is 0. The molecule has 0 fully saturated rings. The van der Waals surface area contributed by atoms with E-state index < -0.39 is 0 Å². The smallest absolute Gasteiger partial charge is 0.0485 e. The highest BCUT2D eigenvalue weighted by Gasteiger charge is 2.23. The van der Waals surface area contributed by atoms with E-state index in [2.05, 4.69) is 48.1 Å². The fourth-order valence-corrected chi connectivity index (χ4v) is 3.06. The number of aromatic nitrogens is 1. The average molecular weight is 251 g/mol. The Morgan fingerprint density at radius 2 is 2.06 bits per heavy atom. The monoisotopic (exact) mass is 250 g/mol. The maximum absolute atomic E-state index is 3.44. The first kappa shape index (κ1) is 12.5. The van der Waals surface area contributed by atoms with E-state index in [1.165, 1.54) is 41.5 Å². The third kappa shape index (κ3) is 1.76. The number of fused-ring (bicyclic) bond motifs is 3. The number of para-hydroxylation sites is 1. The van der Waals surface area contributed by atoms with Crippen LogP contribution in [0.5, 0.6) is 0 Å². The Morgan fingerprint density at radius 3 is 2.82 bits per heavy atom. The second kappa shape index (κ2) is 4.71. The summed E-state index contributed by atoms with van der Waals surface area (Å²) in [7, 11) is 2.07. The molecular formula is C14H19ClN2. The lowest BCUT2D eigenvalue weighted by Crippen LogP contribution is -2.25. The van der Waals surface area contributed by atoms with Crippen LogP contribution < -0.4 is 5.32 Å². The second-order valence-corrected chi connectivity index (χ2v) is 4.66. The third-order valence-corrected chi connectivity index (χ3v) is 3.83. The number of halogens is 1. The molecule has 1 unspecified atom stereocenters. The van der Waals surface area contributed by atoms with Crippen molar-refractivity contribution in [1.82, 2.24) is 9.88 Å². The van der Waals surface area contributed by atoms with Crippen molar-refractivity contribution in [3.63, 3.8) is 0 Å². The highest BCUT2D eigenvalue weighted by Crippen LogP contribution is 2.34. The van der Waals surface area contributed by atoms with Gasteiger partial charge in [-0.05, 0) is 38.4 Å². The summed E-state index contributed by atoms with van der Waals surface area (Å²) in [5, 5.41) is 4.86. The van der Waals surface area contributed by atoms with Crippen LogP contribution in [0.3, 0.4) is 0 Å². The first-order valence-electron chi connectivity index (χ1n) is 6.08. The van der Waals surface area contributed by atoms with Crippen molar-refractivity contribution in [2.75, 3.05) is 7.05 Å². The maximum Gasteiger partial charge on any atom is 0.0485 e. The molecule has 2 heterocycles. The molecule has 1 aliphatic rings. The van der Waals surface area contributed by atoms with Crippen LogP contribution in [0, 0.1) is 6.92 Å². The van der Waals surface area contributed by atoms with Crippen molar-refractivity contribution in [1.29, 1.82) is 0 Å². The van der Waals surface area contributed by atoms with Gasteiger partial charge in [-0.25, -0.2) is 0 Å². The minimum absolute atomic E-state index is 0. The molecule has 1 aromatic carbocycles. The zero-order valence-electron chi connectivity index (χ0n) is 10.4. The zero-order chi connectivity index (χ0) is 11.1. The van der Waals surface area contributed by atoms with Crippen LogP contribution >= 0.6 is 12.4 Å². The van der Waals surface area contributed by atoms with Crippen LogP contribution in [0.15, 0.2) is 24.3 Å². The number of benzene rings is 1. The normalized spacial score (nSPS) is 18.8. The Hall–Kier alpha value is -0.990. The molecular weight excluding hydrogens is 232 g/mol. The van der Waals surface area contributed by atoms with Crippen LogP contribution in [-0.4, -0.2) is 11.6 Å². The predicted octanol–water partition coefficient (Wildman–Crippen LogP) is 3.43. The Balaban J connectivity index is 0.00000108. The van der Waals surface area contributed by atoms with Gasteiger partial charge in [-0.2, -0.15) is 0 Å². The number of rotatable bonds is 1. The van der Waals surface area contributed by atoms with Crippen molar-refractivity contribution >= 4 is 23.3 Å². The van der Waals surface area contributed by atoms with Gasteiger partial charge < -0.3 is 9.88 Å². The van der Waals surface area contributed by atoms with Gasteiger partial charge in [0, 0.05) is 29.2 Å². The summed E-state index contributed by atoms with van der Waals surface area (Å²) >= 11 is 0. The van der Waals surface area contributed by atoms with E-state index in [9.17, 15) is 0 Å². The molecule has 1 atom stereocenters. The molecule has 3 heteroatoms. The fourth-order valence-electron chi connectivity index (χ4n) is 3.06. The SMILES string of the molecule is CNC1CCCn2c1c(C)c1ccccc12.Cl. The van der Waals surface area contributed by atoms with Crippen molar-refractivity contribution < 1.29 is 0 Å². The molecule has 0 aliphatic carbocycles. The quantitative estimate of drug-likeness (QED) is 0.821. The van der Waals surface area contributed by atoms with Gasteiger partial charge in [-0.1, -0.05) is 18.2 Å². The molecule has 0 bridgehead atoms. The molecule has 0 amide bonds. The number of hydrogen-bond acceptors (Lipinski definition) is 1. The summed E-state index contributed by atoms with van der Waals surface area (Å²) in [6, 6.07) is 9.28. The van der Waals surface area contributed by atoms with E-state index in [0.717, 1.165) is 0 Å². The van der Waals surface area contributed by atoms with Crippen LogP contribution in [0.2, 0.25) is 0 Å². The van der Waals surface area contributed by atoms with Gasteiger partial charge in [-0.15, -0.1) is 12.4 Å². The first-order valence-corrected chi connectivity index (χ1v) is 6.08. The molecule has 1 aromatic heterocycles. The van der Waals surface area contributed by atoms with Crippen LogP contribution in [-0.2, 0) is 6.54 Å². The lowest BCUT2D eigenvalue weighted by Gasteiger charge is -2.25. The minimum Gasteiger partial charge on any atom is -0.343 e. The highest BCUT2D eigenvalue weighted by molar-refractivity contribution is 5.86. The molecule has 92 valence electrons. The Bertz CT molecular complexity index is 530. The molecule has 2 nitrogen and oxygen atoms in total. The van der Waals surface area contributed by atoms with E-state index in [1.807, 2.05) is 0 Å². The zero-order valence-corrected chi connectivity index (χ0v) is 11.2. The van der Waals surface area contributed by atoms with Crippen LogP contribution in [0.1, 0.15) is 30.1 Å². The van der Waals surface area contributed by atoms with E-state index in [-0.39, 0.29) is 12.4 Å². The standard InChI is InChI=1S/C14H18N2.ClH/c1-10-11-6-3-4-8-13(11)16-9-5-7-12(15-2)14(10)16;/h3-4,6,8,12,15H,5,7,9H2,1-2H3;1H. The lowest BCUT2D eigenvalue weighted by molar-refractivity contribution is 0.422. The highest BCUT2D eigenvalue weighted by atomic mass is 35.5. The van der Waals surface area contributed by atoms with E-state index in [4.69, 9.17) is 0 Å². The fraction of sp³-hybridized carbons (Fsp3) is 0.429. The predicted molar refractivity (Wildman–Crippen MR) is 75.0 cm³/mol. The topological polar surface area (TPSA) is 17.0 Å². The second-order valence-electron chi connectivity index (χ2n) is 4.66.